The maximum Gasteiger partial charge on any atom is 0.136 e. The van der Waals surface area contributed by atoms with Crippen molar-refractivity contribution in [3.8, 4) is 33.4 Å². The van der Waals surface area contributed by atoms with E-state index in [9.17, 15) is 0 Å². The van der Waals surface area contributed by atoms with Crippen LogP contribution >= 0.6 is 11.3 Å². The van der Waals surface area contributed by atoms with Crippen LogP contribution in [-0.4, -0.2) is 0 Å². The molecule has 258 valence electrons. The number of hydrogen-bond donors (Lipinski definition) is 0. The summed E-state index contributed by atoms with van der Waals surface area (Å²) in [5.41, 5.74) is 12.3. The molecule has 0 saturated carbocycles. The van der Waals surface area contributed by atoms with E-state index < -0.39 is 0 Å². The monoisotopic (exact) mass is 719 g/mol. The molecule has 11 rings (SSSR count). The van der Waals surface area contributed by atoms with E-state index in [-0.39, 0.29) is 0 Å². The van der Waals surface area contributed by atoms with Gasteiger partial charge in [0.25, 0.3) is 0 Å². The molecular weight excluding hydrogens is 687 g/mol. The molecule has 9 aromatic carbocycles. The molecule has 0 aliphatic heterocycles. The van der Waals surface area contributed by atoms with Gasteiger partial charge in [0.2, 0.25) is 0 Å². The van der Waals surface area contributed by atoms with Crippen LogP contribution in [0, 0.1) is 0 Å². The zero-order valence-electron chi connectivity index (χ0n) is 29.8. The Bertz CT molecular complexity index is 3190. The molecule has 0 atom stereocenters. The molecule has 2 nitrogen and oxygen atoms in total. The average molecular weight is 720 g/mol. The van der Waals surface area contributed by atoms with Crippen molar-refractivity contribution in [1.29, 1.82) is 0 Å². The highest BCUT2D eigenvalue weighted by molar-refractivity contribution is 7.26. The Balaban J connectivity index is 1.11. The van der Waals surface area contributed by atoms with Crippen LogP contribution in [0.4, 0.5) is 17.1 Å². The van der Waals surface area contributed by atoms with Gasteiger partial charge in [-0.15, -0.1) is 11.3 Å². The summed E-state index contributed by atoms with van der Waals surface area (Å²) in [4.78, 5) is 2.43. The summed E-state index contributed by atoms with van der Waals surface area (Å²) in [7, 11) is 0. The number of fused-ring (bicyclic) bond motifs is 8. The minimum Gasteiger partial charge on any atom is -0.456 e. The fraction of sp³-hybridized carbons (Fsp3) is 0. The van der Waals surface area contributed by atoms with Gasteiger partial charge < -0.3 is 9.32 Å². The van der Waals surface area contributed by atoms with Crippen LogP contribution in [0.25, 0.3) is 86.3 Å². The van der Waals surface area contributed by atoms with Crippen molar-refractivity contribution in [2.24, 2.45) is 0 Å². The van der Waals surface area contributed by atoms with E-state index in [1.165, 1.54) is 75.4 Å². The maximum atomic E-state index is 6.23. The predicted molar refractivity (Wildman–Crippen MR) is 235 cm³/mol. The lowest BCUT2D eigenvalue weighted by Gasteiger charge is -2.27. The van der Waals surface area contributed by atoms with Crippen molar-refractivity contribution in [3.63, 3.8) is 0 Å². The highest BCUT2D eigenvalue weighted by Crippen LogP contribution is 2.47. The number of thiophene rings is 1. The Morgan fingerprint density at radius 3 is 1.89 bits per heavy atom. The topological polar surface area (TPSA) is 16.4 Å². The van der Waals surface area contributed by atoms with Crippen LogP contribution in [0.2, 0.25) is 0 Å². The lowest BCUT2D eigenvalue weighted by atomic mass is 9.91. The first kappa shape index (κ1) is 31.6. The molecule has 55 heavy (non-hydrogen) atoms. The van der Waals surface area contributed by atoms with E-state index in [0.29, 0.717) is 0 Å². The average Bonchev–Trinajstić information content (AvgIpc) is 3.84. The summed E-state index contributed by atoms with van der Waals surface area (Å²) in [6, 6.07) is 72.3. The van der Waals surface area contributed by atoms with Gasteiger partial charge in [-0.25, -0.2) is 0 Å². The summed E-state index contributed by atoms with van der Waals surface area (Å²) < 4.78 is 8.79. The first-order chi connectivity index (χ1) is 27.3. The first-order valence-corrected chi connectivity index (χ1v) is 19.5. The van der Waals surface area contributed by atoms with Crippen LogP contribution in [0.15, 0.2) is 205 Å². The van der Waals surface area contributed by atoms with Crippen molar-refractivity contribution in [1.82, 2.24) is 0 Å². The highest BCUT2D eigenvalue weighted by Gasteiger charge is 2.21. The zero-order valence-corrected chi connectivity index (χ0v) is 30.6. The van der Waals surface area contributed by atoms with Crippen LogP contribution in [0.5, 0.6) is 0 Å². The van der Waals surface area contributed by atoms with E-state index in [1.54, 1.807) is 0 Å². The molecule has 0 amide bonds. The fourth-order valence-corrected chi connectivity index (χ4v) is 9.48. The predicted octanol–water partition coefficient (Wildman–Crippen LogP) is 15.6. The summed E-state index contributed by atoms with van der Waals surface area (Å²) in [6.45, 7) is 0. The number of nitrogens with zero attached hydrogens (tertiary/aromatic N) is 1. The fourth-order valence-electron chi connectivity index (χ4n) is 8.27. The molecule has 0 N–H and O–H groups in total. The largest absolute Gasteiger partial charge is 0.456 e. The van der Waals surface area contributed by atoms with Gasteiger partial charge >= 0.3 is 0 Å². The van der Waals surface area contributed by atoms with Gasteiger partial charge in [0, 0.05) is 37.6 Å². The third-order valence-electron chi connectivity index (χ3n) is 10.9. The summed E-state index contributed by atoms with van der Waals surface area (Å²) in [6.07, 6.45) is 0. The van der Waals surface area contributed by atoms with E-state index >= 15 is 0 Å². The summed E-state index contributed by atoms with van der Waals surface area (Å²) in [5, 5.41) is 7.28. The van der Waals surface area contributed by atoms with Crippen LogP contribution in [-0.2, 0) is 0 Å². The van der Waals surface area contributed by atoms with Crippen molar-refractivity contribution in [2.45, 2.75) is 0 Å². The lowest BCUT2D eigenvalue weighted by Crippen LogP contribution is -2.10. The first-order valence-electron chi connectivity index (χ1n) is 18.7. The number of rotatable bonds is 6. The van der Waals surface area contributed by atoms with Gasteiger partial charge in [-0.2, -0.15) is 0 Å². The second-order valence-corrected chi connectivity index (χ2v) is 15.1. The molecular formula is C52H33NOS. The van der Waals surface area contributed by atoms with Gasteiger partial charge in [-0.05, 0) is 98.8 Å². The Hall–Kier alpha value is -6.94. The molecule has 0 radical (unpaired) electrons. The SMILES string of the molecule is c1ccc(-c2ccc(N(c3ccc(-c4ccc5c(ccc6oc7ccccc7c65)c4)c(-c4ccccc4)c3)c3cccc4c3sc3ccccc34)cc2)cc1. The molecule has 0 unspecified atom stereocenters. The third-order valence-corrected chi connectivity index (χ3v) is 12.1. The Morgan fingerprint density at radius 1 is 0.382 bits per heavy atom. The number of benzene rings is 9. The molecule has 2 heterocycles. The highest BCUT2D eigenvalue weighted by atomic mass is 32.1. The van der Waals surface area contributed by atoms with Gasteiger partial charge in [0.05, 0.1) is 10.4 Å². The minimum atomic E-state index is 0.918. The number of para-hydroxylation sites is 1. The van der Waals surface area contributed by atoms with Crippen LogP contribution in [0.3, 0.4) is 0 Å². The molecule has 0 aliphatic rings. The summed E-state index contributed by atoms with van der Waals surface area (Å²) >= 11 is 1.86. The Morgan fingerprint density at radius 2 is 1.05 bits per heavy atom. The van der Waals surface area contributed by atoms with Crippen molar-refractivity contribution in [3.05, 3.63) is 200 Å². The maximum absolute atomic E-state index is 6.23. The minimum absolute atomic E-state index is 0.918. The van der Waals surface area contributed by atoms with E-state index in [1.807, 2.05) is 23.5 Å². The Kier molecular flexibility index (Phi) is 7.39. The van der Waals surface area contributed by atoms with Gasteiger partial charge in [-0.1, -0.05) is 146 Å². The van der Waals surface area contributed by atoms with Crippen LogP contribution < -0.4 is 4.90 Å². The van der Waals surface area contributed by atoms with Crippen molar-refractivity contribution >= 4 is 81.3 Å². The summed E-state index contributed by atoms with van der Waals surface area (Å²) in [5.74, 6) is 0. The Labute approximate surface area is 322 Å². The lowest BCUT2D eigenvalue weighted by molar-refractivity contribution is 0.669. The van der Waals surface area contributed by atoms with E-state index in [0.717, 1.165) is 27.9 Å². The molecule has 11 aromatic rings. The smallest absolute Gasteiger partial charge is 0.136 e. The normalized spacial score (nSPS) is 11.6. The third kappa shape index (κ3) is 5.32. The van der Waals surface area contributed by atoms with Crippen LogP contribution in [0.1, 0.15) is 0 Å². The molecule has 0 spiro atoms. The number of furan rings is 1. The number of anilines is 3. The molecule has 2 aromatic heterocycles. The molecule has 3 heteroatoms. The molecule has 0 saturated heterocycles. The van der Waals surface area contributed by atoms with Gasteiger partial charge in [0.15, 0.2) is 0 Å². The number of hydrogen-bond acceptors (Lipinski definition) is 3. The molecule has 0 aliphatic carbocycles. The zero-order chi connectivity index (χ0) is 36.3. The van der Waals surface area contributed by atoms with Gasteiger partial charge in [0.1, 0.15) is 11.2 Å². The van der Waals surface area contributed by atoms with Gasteiger partial charge in [-0.3, -0.25) is 0 Å². The second kappa shape index (κ2) is 12.9. The van der Waals surface area contributed by atoms with Crippen molar-refractivity contribution < 1.29 is 4.42 Å². The standard InChI is InChI=1S/C52H33NOS/c1-3-12-34(13-4-1)35-22-26-39(27-23-35)53(47-19-11-18-44-43-16-8-10-21-50(43)55-52(44)47)40-28-30-41(46(33-40)36-14-5-2-6-15-36)37-24-29-42-38(32-37)25-31-49-51(42)45-17-7-9-20-48(45)54-49/h1-33H. The molecule has 0 bridgehead atoms. The second-order valence-electron chi connectivity index (χ2n) is 14.1. The van der Waals surface area contributed by atoms with E-state index in [4.69, 9.17) is 4.42 Å². The molecule has 0 fully saturated rings. The van der Waals surface area contributed by atoms with E-state index in [2.05, 4.69) is 193 Å². The quantitative estimate of drug-likeness (QED) is 0.170. The van der Waals surface area contributed by atoms with Crippen molar-refractivity contribution in [2.75, 3.05) is 4.90 Å².